The molecular weight excluding hydrogens is 937 g/mol. The second-order valence-electron chi connectivity index (χ2n) is 21.3. The molecule has 0 saturated heterocycles. The highest BCUT2D eigenvalue weighted by Crippen LogP contribution is 2.16. The van der Waals surface area contributed by atoms with E-state index < -0.39 is 6.10 Å². The van der Waals surface area contributed by atoms with Gasteiger partial charge in [-0.25, -0.2) is 0 Å². The number of allylic oxidation sites excluding steroid dienone is 16. The van der Waals surface area contributed by atoms with Crippen LogP contribution in [-0.2, 0) is 28.6 Å². The van der Waals surface area contributed by atoms with E-state index in [0.29, 0.717) is 19.3 Å². The number of hydrogen-bond acceptors (Lipinski definition) is 6. The number of ether oxygens (including phenoxy) is 3. The summed E-state index contributed by atoms with van der Waals surface area (Å²) < 4.78 is 16.9. The van der Waals surface area contributed by atoms with Crippen LogP contribution in [-0.4, -0.2) is 37.2 Å². The van der Waals surface area contributed by atoms with Crippen molar-refractivity contribution in [2.24, 2.45) is 0 Å². The second-order valence-corrected chi connectivity index (χ2v) is 21.3. The van der Waals surface area contributed by atoms with Gasteiger partial charge < -0.3 is 14.2 Å². The van der Waals surface area contributed by atoms with Crippen molar-refractivity contribution in [3.05, 3.63) is 97.2 Å². The summed E-state index contributed by atoms with van der Waals surface area (Å²) in [4.78, 5) is 38.3. The van der Waals surface area contributed by atoms with E-state index in [2.05, 4.69) is 118 Å². The van der Waals surface area contributed by atoms with Crippen molar-refractivity contribution in [2.45, 2.75) is 316 Å². The van der Waals surface area contributed by atoms with Gasteiger partial charge in [-0.3, -0.25) is 14.4 Å². The molecule has 0 rings (SSSR count). The predicted octanol–water partition coefficient (Wildman–Crippen LogP) is 22.0. The van der Waals surface area contributed by atoms with Gasteiger partial charge in [-0.1, -0.05) is 285 Å². The third-order valence-electron chi connectivity index (χ3n) is 13.8. The standard InChI is InChI=1S/C70H120O6/c1-4-7-10-13-16-19-22-25-27-29-31-32-33-34-35-36-37-38-40-41-43-45-48-51-54-57-60-63-69(72)75-66-67(65-74-68(71)62-59-56-53-50-47-24-21-18-15-12-9-6-3)76-70(73)64-61-58-55-52-49-46-44-42-39-30-28-26-23-20-17-14-11-8-5-2/h7,10,16-17,19-20,25-28,31-32,34-35,39,42,67H,4-6,8-9,11-15,18,21-24,29-30,33,36-38,40-41,43-66H2,1-3H3/b10-7-,19-16-,20-17-,27-25-,28-26-,32-31-,35-34-,42-39-. The molecule has 436 valence electrons. The zero-order chi connectivity index (χ0) is 55.0. The van der Waals surface area contributed by atoms with Gasteiger partial charge in [0.25, 0.3) is 0 Å². The van der Waals surface area contributed by atoms with Crippen LogP contribution in [0.25, 0.3) is 0 Å². The van der Waals surface area contributed by atoms with Crippen LogP contribution in [0.2, 0.25) is 0 Å². The van der Waals surface area contributed by atoms with Gasteiger partial charge in [0.15, 0.2) is 6.10 Å². The summed E-state index contributed by atoms with van der Waals surface area (Å²) in [5, 5.41) is 0. The van der Waals surface area contributed by atoms with Crippen LogP contribution in [0.15, 0.2) is 97.2 Å². The summed E-state index contributed by atoms with van der Waals surface area (Å²) in [6.45, 7) is 6.51. The number of esters is 3. The minimum atomic E-state index is -0.785. The van der Waals surface area contributed by atoms with E-state index in [0.717, 1.165) is 116 Å². The Bertz CT molecular complexity index is 1490. The van der Waals surface area contributed by atoms with Crippen molar-refractivity contribution < 1.29 is 28.6 Å². The van der Waals surface area contributed by atoms with Gasteiger partial charge in [0.05, 0.1) is 0 Å². The summed E-state index contributed by atoms with van der Waals surface area (Å²) in [6, 6.07) is 0. The van der Waals surface area contributed by atoms with Gasteiger partial charge in [-0.2, -0.15) is 0 Å². The minimum absolute atomic E-state index is 0.0809. The molecule has 0 bridgehead atoms. The van der Waals surface area contributed by atoms with Gasteiger partial charge in [0.2, 0.25) is 0 Å². The molecule has 0 aliphatic rings. The fraction of sp³-hybridized carbons (Fsp3) is 0.729. The molecule has 0 heterocycles. The van der Waals surface area contributed by atoms with Crippen molar-refractivity contribution in [1.82, 2.24) is 0 Å². The molecule has 0 spiro atoms. The number of unbranched alkanes of at least 4 members (excludes halogenated alkanes) is 31. The first-order chi connectivity index (χ1) is 37.5. The third kappa shape index (κ3) is 61.2. The number of carbonyl (C=O) groups is 3. The van der Waals surface area contributed by atoms with Crippen LogP contribution in [0, 0.1) is 0 Å². The molecule has 0 aromatic carbocycles. The van der Waals surface area contributed by atoms with Gasteiger partial charge in [-0.15, -0.1) is 0 Å². The average molecular weight is 1060 g/mol. The Morgan fingerprint density at radius 3 is 0.829 bits per heavy atom. The van der Waals surface area contributed by atoms with E-state index in [1.807, 2.05) is 0 Å². The van der Waals surface area contributed by atoms with Crippen molar-refractivity contribution in [2.75, 3.05) is 13.2 Å². The van der Waals surface area contributed by atoms with Crippen LogP contribution >= 0.6 is 0 Å². The Morgan fingerprint density at radius 1 is 0.276 bits per heavy atom. The molecule has 0 aromatic heterocycles. The highest BCUT2D eigenvalue weighted by Gasteiger charge is 2.19. The summed E-state index contributed by atoms with van der Waals surface area (Å²) >= 11 is 0. The molecule has 0 radical (unpaired) electrons. The zero-order valence-electron chi connectivity index (χ0n) is 50.0. The lowest BCUT2D eigenvalue weighted by Crippen LogP contribution is -2.30. The third-order valence-corrected chi connectivity index (χ3v) is 13.8. The van der Waals surface area contributed by atoms with E-state index in [1.165, 1.54) is 154 Å². The monoisotopic (exact) mass is 1060 g/mol. The normalized spacial score (nSPS) is 12.7. The van der Waals surface area contributed by atoms with Crippen molar-refractivity contribution in [1.29, 1.82) is 0 Å². The van der Waals surface area contributed by atoms with E-state index in [9.17, 15) is 14.4 Å². The molecule has 6 heteroatoms. The highest BCUT2D eigenvalue weighted by molar-refractivity contribution is 5.71. The van der Waals surface area contributed by atoms with E-state index in [4.69, 9.17) is 14.2 Å². The van der Waals surface area contributed by atoms with E-state index in [1.54, 1.807) is 0 Å². The minimum Gasteiger partial charge on any atom is -0.462 e. The Kier molecular flexibility index (Phi) is 60.8. The Labute approximate surface area is 470 Å². The Hall–Kier alpha value is -3.67. The van der Waals surface area contributed by atoms with E-state index in [-0.39, 0.29) is 31.1 Å². The molecule has 0 fully saturated rings. The van der Waals surface area contributed by atoms with Crippen LogP contribution in [0.4, 0.5) is 0 Å². The number of hydrogen-bond donors (Lipinski definition) is 0. The van der Waals surface area contributed by atoms with Gasteiger partial charge in [0.1, 0.15) is 13.2 Å². The van der Waals surface area contributed by atoms with Gasteiger partial charge in [-0.05, 0) is 103 Å². The molecule has 6 nitrogen and oxygen atoms in total. The summed E-state index contributed by atoms with van der Waals surface area (Å²) in [7, 11) is 0. The fourth-order valence-corrected chi connectivity index (χ4v) is 9.01. The van der Waals surface area contributed by atoms with Crippen LogP contribution in [0.1, 0.15) is 310 Å². The quantitative estimate of drug-likeness (QED) is 0.0261. The first-order valence-electron chi connectivity index (χ1n) is 32.2. The number of carbonyl (C=O) groups excluding carboxylic acids is 3. The molecule has 0 aliphatic heterocycles. The van der Waals surface area contributed by atoms with Crippen LogP contribution < -0.4 is 0 Å². The molecule has 1 unspecified atom stereocenters. The predicted molar refractivity (Wildman–Crippen MR) is 330 cm³/mol. The molecule has 76 heavy (non-hydrogen) atoms. The Morgan fingerprint density at radius 2 is 0.513 bits per heavy atom. The zero-order valence-corrected chi connectivity index (χ0v) is 50.0. The average Bonchev–Trinajstić information content (AvgIpc) is 3.42. The molecule has 0 saturated carbocycles. The molecular formula is C70H120O6. The van der Waals surface area contributed by atoms with Crippen LogP contribution in [0.5, 0.6) is 0 Å². The summed E-state index contributed by atoms with van der Waals surface area (Å²) in [5.74, 6) is -0.886. The van der Waals surface area contributed by atoms with Crippen molar-refractivity contribution in [3.63, 3.8) is 0 Å². The molecule has 0 aromatic rings. The maximum absolute atomic E-state index is 12.9. The van der Waals surface area contributed by atoms with Gasteiger partial charge >= 0.3 is 17.9 Å². The van der Waals surface area contributed by atoms with Crippen molar-refractivity contribution in [3.8, 4) is 0 Å². The molecule has 0 N–H and O–H groups in total. The highest BCUT2D eigenvalue weighted by atomic mass is 16.6. The van der Waals surface area contributed by atoms with E-state index >= 15 is 0 Å². The topological polar surface area (TPSA) is 78.9 Å². The van der Waals surface area contributed by atoms with Crippen LogP contribution in [0.3, 0.4) is 0 Å². The largest absolute Gasteiger partial charge is 0.462 e. The SMILES string of the molecule is CC/C=C\C/C=C\C/C=C\C/C=C\C/C=C\CCCCCCCCCCCCCC(=O)OCC(COC(=O)CCCCCCCCCCCCCC)OC(=O)CCCCCCCC/C=C\C/C=C\C/C=C\CCCCC. The lowest BCUT2D eigenvalue weighted by molar-refractivity contribution is -0.167. The fourth-order valence-electron chi connectivity index (χ4n) is 9.01. The maximum atomic E-state index is 12.9. The summed E-state index contributed by atoms with van der Waals surface area (Å²) in [5.41, 5.74) is 0. The molecule has 0 aliphatic carbocycles. The molecule has 1 atom stereocenters. The van der Waals surface area contributed by atoms with Crippen molar-refractivity contribution >= 4 is 17.9 Å². The summed E-state index contributed by atoms with van der Waals surface area (Å²) in [6.07, 6.45) is 85.5. The smallest absolute Gasteiger partial charge is 0.306 e. The van der Waals surface area contributed by atoms with Gasteiger partial charge in [0, 0.05) is 19.3 Å². The first-order valence-corrected chi connectivity index (χ1v) is 32.2. The first kappa shape index (κ1) is 72.3. The second kappa shape index (κ2) is 63.9. The Balaban J connectivity index is 4.30. The lowest BCUT2D eigenvalue weighted by Gasteiger charge is -2.18. The number of rotatable bonds is 58. The maximum Gasteiger partial charge on any atom is 0.306 e. The molecule has 0 amide bonds. The lowest BCUT2D eigenvalue weighted by atomic mass is 10.0.